The molecule has 0 bridgehead atoms. The number of nitrogens with two attached hydrogens (primary N) is 1. The number of amides is 1. The molecule has 2 N–H and O–H groups in total. The van der Waals surface area contributed by atoms with E-state index in [1.165, 1.54) is 16.9 Å². The number of thiophene rings is 1. The summed E-state index contributed by atoms with van der Waals surface area (Å²) in [6.45, 7) is 4.34. The smallest absolute Gasteiger partial charge is 0.269 e. The molecule has 1 heterocycles. The minimum Gasteiger partial charge on any atom is -0.320 e. The first-order chi connectivity index (χ1) is 10.0. The number of aryl methyl sites for hydroxylation is 2. The van der Waals surface area contributed by atoms with E-state index < -0.39 is 0 Å². The summed E-state index contributed by atoms with van der Waals surface area (Å²) in [5.41, 5.74) is 9.31. The quantitative estimate of drug-likeness (QED) is 0.867. The van der Waals surface area contributed by atoms with Gasteiger partial charge >= 0.3 is 0 Å². The molecule has 1 amide bonds. The third-order valence-electron chi connectivity index (χ3n) is 3.20. The van der Waals surface area contributed by atoms with Crippen molar-refractivity contribution in [3.8, 4) is 11.8 Å². The molecule has 0 aliphatic heterocycles. The van der Waals surface area contributed by atoms with Crippen molar-refractivity contribution in [1.29, 1.82) is 0 Å². The Morgan fingerprint density at radius 3 is 2.76 bits per heavy atom. The van der Waals surface area contributed by atoms with Crippen LogP contribution in [0.4, 0.5) is 5.69 Å². The van der Waals surface area contributed by atoms with Crippen molar-refractivity contribution in [3.05, 3.63) is 51.2 Å². The highest BCUT2D eigenvalue weighted by molar-refractivity contribution is 7.12. The zero-order valence-electron chi connectivity index (χ0n) is 12.4. The van der Waals surface area contributed by atoms with Crippen LogP contribution < -0.4 is 10.6 Å². The van der Waals surface area contributed by atoms with Gasteiger partial charge in [0.25, 0.3) is 5.91 Å². The molecule has 0 unspecified atom stereocenters. The number of anilines is 1. The lowest BCUT2D eigenvalue weighted by Crippen LogP contribution is -2.26. The highest BCUT2D eigenvalue weighted by Crippen LogP contribution is 2.24. The van der Waals surface area contributed by atoms with Gasteiger partial charge in [-0.2, -0.15) is 0 Å². The van der Waals surface area contributed by atoms with Crippen molar-refractivity contribution in [2.75, 3.05) is 18.5 Å². The Bertz CT molecular complexity index is 722. The molecule has 0 aliphatic rings. The Morgan fingerprint density at radius 2 is 2.10 bits per heavy atom. The number of rotatable bonds is 2. The molecule has 0 aliphatic carbocycles. The van der Waals surface area contributed by atoms with Gasteiger partial charge in [-0.3, -0.25) is 4.79 Å². The second-order valence-corrected chi connectivity index (χ2v) is 5.74. The molecule has 1 aromatic carbocycles. The average Bonchev–Trinajstić information content (AvgIpc) is 2.92. The maximum Gasteiger partial charge on any atom is 0.269 e. The second kappa shape index (κ2) is 6.57. The Labute approximate surface area is 129 Å². The Balaban J connectivity index is 2.33. The lowest BCUT2D eigenvalue weighted by molar-refractivity contribution is 0.0996. The summed E-state index contributed by atoms with van der Waals surface area (Å²) in [4.78, 5) is 15.0. The first-order valence-electron chi connectivity index (χ1n) is 6.66. The van der Waals surface area contributed by atoms with E-state index in [0.29, 0.717) is 4.88 Å². The molecule has 2 rings (SSSR count). The summed E-state index contributed by atoms with van der Waals surface area (Å²) in [6.07, 6.45) is 0. The summed E-state index contributed by atoms with van der Waals surface area (Å²) < 4.78 is 0. The first kappa shape index (κ1) is 15.3. The number of hydrogen-bond donors (Lipinski definition) is 1. The predicted octanol–water partition coefficient (Wildman–Crippen LogP) is 2.95. The van der Waals surface area contributed by atoms with Gasteiger partial charge < -0.3 is 10.6 Å². The van der Waals surface area contributed by atoms with Crippen LogP contribution in [0.25, 0.3) is 0 Å². The zero-order valence-corrected chi connectivity index (χ0v) is 13.3. The summed E-state index contributed by atoms with van der Waals surface area (Å²) >= 11 is 1.41. The van der Waals surface area contributed by atoms with Gasteiger partial charge in [0.15, 0.2) is 0 Å². The largest absolute Gasteiger partial charge is 0.320 e. The van der Waals surface area contributed by atoms with Gasteiger partial charge in [-0.1, -0.05) is 29.5 Å². The lowest BCUT2D eigenvalue weighted by Gasteiger charge is -2.19. The van der Waals surface area contributed by atoms with Gasteiger partial charge in [0.2, 0.25) is 0 Å². The molecule has 108 valence electrons. The molecule has 4 heteroatoms. The average molecular weight is 298 g/mol. The summed E-state index contributed by atoms with van der Waals surface area (Å²) in [5, 5.41) is 1.88. The minimum absolute atomic E-state index is 0.0433. The van der Waals surface area contributed by atoms with Crippen LogP contribution in [0.2, 0.25) is 0 Å². The highest BCUT2D eigenvalue weighted by atomic mass is 32.1. The number of carbonyl (C=O) groups is 1. The lowest BCUT2D eigenvalue weighted by atomic mass is 10.1. The fourth-order valence-corrected chi connectivity index (χ4v) is 2.99. The molecule has 0 saturated carbocycles. The zero-order chi connectivity index (χ0) is 15.4. The third-order valence-corrected chi connectivity index (χ3v) is 4.11. The van der Waals surface area contributed by atoms with E-state index in [0.717, 1.165) is 16.8 Å². The van der Waals surface area contributed by atoms with E-state index in [9.17, 15) is 4.79 Å². The Morgan fingerprint density at radius 1 is 1.33 bits per heavy atom. The van der Waals surface area contributed by atoms with E-state index in [2.05, 4.69) is 17.9 Å². The Hall–Kier alpha value is -2.09. The van der Waals surface area contributed by atoms with Gasteiger partial charge in [0.05, 0.1) is 6.54 Å². The van der Waals surface area contributed by atoms with Crippen molar-refractivity contribution in [1.82, 2.24) is 0 Å². The predicted molar refractivity (Wildman–Crippen MR) is 88.9 cm³/mol. The highest BCUT2D eigenvalue weighted by Gasteiger charge is 2.19. The van der Waals surface area contributed by atoms with Crippen molar-refractivity contribution in [3.63, 3.8) is 0 Å². The molecule has 0 radical (unpaired) electrons. The van der Waals surface area contributed by atoms with Crippen molar-refractivity contribution in [2.24, 2.45) is 5.73 Å². The van der Waals surface area contributed by atoms with Crippen LogP contribution in [0.5, 0.6) is 0 Å². The fourth-order valence-electron chi connectivity index (χ4n) is 2.16. The van der Waals surface area contributed by atoms with Crippen LogP contribution in [-0.4, -0.2) is 19.5 Å². The van der Waals surface area contributed by atoms with Crippen LogP contribution in [0.15, 0.2) is 29.6 Å². The number of carbonyl (C=O) groups excluding carboxylic acids is 1. The minimum atomic E-state index is -0.0433. The second-order valence-electron chi connectivity index (χ2n) is 4.82. The van der Waals surface area contributed by atoms with Gasteiger partial charge in [0.1, 0.15) is 4.88 Å². The van der Waals surface area contributed by atoms with Gasteiger partial charge in [0, 0.05) is 18.3 Å². The van der Waals surface area contributed by atoms with Crippen LogP contribution in [-0.2, 0) is 0 Å². The molecule has 0 saturated heterocycles. The maximum atomic E-state index is 12.7. The van der Waals surface area contributed by atoms with Crippen LogP contribution >= 0.6 is 11.3 Å². The van der Waals surface area contributed by atoms with E-state index in [1.54, 1.807) is 11.9 Å². The summed E-state index contributed by atoms with van der Waals surface area (Å²) in [5.74, 6) is 5.71. The maximum absolute atomic E-state index is 12.7. The van der Waals surface area contributed by atoms with Crippen molar-refractivity contribution >= 4 is 22.9 Å². The first-order valence-corrected chi connectivity index (χ1v) is 7.54. The van der Waals surface area contributed by atoms with E-state index in [1.807, 2.05) is 37.4 Å². The summed E-state index contributed by atoms with van der Waals surface area (Å²) in [6, 6.07) is 7.91. The van der Waals surface area contributed by atoms with E-state index in [-0.39, 0.29) is 12.5 Å². The molecule has 21 heavy (non-hydrogen) atoms. The third kappa shape index (κ3) is 3.33. The van der Waals surface area contributed by atoms with Gasteiger partial charge in [-0.05, 0) is 36.9 Å². The molecule has 0 fully saturated rings. The number of hydrogen-bond acceptors (Lipinski definition) is 3. The number of benzene rings is 1. The van der Waals surface area contributed by atoms with Gasteiger partial charge in [-0.25, -0.2) is 0 Å². The molecule has 3 nitrogen and oxygen atoms in total. The molecular formula is C17H18N2OS. The SMILES string of the molecule is Cc1ccc(N(C)C(=O)c2sccc2C#CCN)c(C)c1. The van der Waals surface area contributed by atoms with E-state index >= 15 is 0 Å². The molecule has 0 spiro atoms. The van der Waals surface area contributed by atoms with Crippen LogP contribution in [0.1, 0.15) is 26.4 Å². The van der Waals surface area contributed by atoms with Crippen molar-refractivity contribution < 1.29 is 4.79 Å². The molecule has 0 atom stereocenters. The van der Waals surface area contributed by atoms with Gasteiger partial charge in [-0.15, -0.1) is 11.3 Å². The Kier molecular flexibility index (Phi) is 4.79. The van der Waals surface area contributed by atoms with E-state index in [4.69, 9.17) is 5.73 Å². The standard InChI is InChI=1S/C17H18N2OS/c1-12-6-7-15(13(2)11-12)19(3)17(20)16-14(5-4-9-18)8-10-21-16/h6-8,10-11H,9,18H2,1-3H3. The normalized spacial score (nSPS) is 9.90. The molecular weight excluding hydrogens is 280 g/mol. The fraction of sp³-hybridized carbons (Fsp3) is 0.235. The molecule has 2 aromatic rings. The molecule has 1 aromatic heterocycles. The number of nitrogens with zero attached hydrogens (tertiary/aromatic N) is 1. The topological polar surface area (TPSA) is 46.3 Å². The van der Waals surface area contributed by atoms with Crippen LogP contribution in [0.3, 0.4) is 0 Å². The monoisotopic (exact) mass is 298 g/mol. The summed E-state index contributed by atoms with van der Waals surface area (Å²) in [7, 11) is 1.79. The van der Waals surface area contributed by atoms with Crippen LogP contribution in [0, 0.1) is 25.7 Å². The van der Waals surface area contributed by atoms with Crippen molar-refractivity contribution in [2.45, 2.75) is 13.8 Å².